The van der Waals surface area contributed by atoms with Crippen LogP contribution in [0.1, 0.15) is 36.1 Å². The Hall–Kier alpha value is -2.18. The molecule has 1 N–H and O–H groups in total. The summed E-state index contributed by atoms with van der Waals surface area (Å²) in [5, 5.41) is 0. The van der Waals surface area contributed by atoms with Gasteiger partial charge in [0.25, 0.3) is 0 Å². The van der Waals surface area contributed by atoms with Crippen molar-refractivity contribution in [1.82, 2.24) is 9.97 Å². The van der Waals surface area contributed by atoms with Crippen LogP contribution < -0.4 is 14.7 Å². The van der Waals surface area contributed by atoms with Gasteiger partial charge in [0, 0.05) is 37.2 Å². The molecule has 0 bridgehead atoms. The lowest BCUT2D eigenvalue weighted by molar-refractivity contribution is -0.911. The van der Waals surface area contributed by atoms with Gasteiger partial charge in [-0.25, -0.2) is 4.98 Å². The second-order valence-corrected chi connectivity index (χ2v) is 8.83. The quantitative estimate of drug-likeness (QED) is 0.831. The van der Waals surface area contributed by atoms with Crippen molar-refractivity contribution in [2.24, 2.45) is 0 Å². The Kier molecular flexibility index (Phi) is 6.13. The summed E-state index contributed by atoms with van der Waals surface area (Å²) in [4.78, 5) is 16.8. The minimum atomic E-state index is 0.801. The third-order valence-electron chi connectivity index (χ3n) is 6.73. The molecule has 0 amide bonds. The van der Waals surface area contributed by atoms with Crippen LogP contribution in [0.25, 0.3) is 0 Å². The molecule has 1 aromatic carbocycles. The van der Waals surface area contributed by atoms with Crippen molar-refractivity contribution in [2.75, 3.05) is 62.3 Å². The van der Waals surface area contributed by atoms with E-state index in [9.17, 15) is 0 Å². The molecule has 1 aromatic heterocycles. The zero-order valence-electron chi connectivity index (χ0n) is 18.0. The van der Waals surface area contributed by atoms with Gasteiger partial charge in [-0.05, 0) is 25.7 Å². The predicted octanol–water partition coefficient (Wildman–Crippen LogP) is 1.49. The molecule has 30 heavy (non-hydrogen) atoms. The number of hydrogen-bond acceptors (Lipinski definition) is 5. The topological polar surface area (TPSA) is 45.9 Å². The summed E-state index contributed by atoms with van der Waals surface area (Å²) in [7, 11) is 0. The molecule has 3 heterocycles. The third-order valence-corrected chi connectivity index (χ3v) is 6.73. The zero-order chi connectivity index (χ0) is 20.2. The van der Waals surface area contributed by atoms with E-state index in [-0.39, 0.29) is 0 Å². The normalized spacial score (nSPS) is 22.5. The molecule has 2 aliphatic heterocycles. The van der Waals surface area contributed by atoms with Crippen LogP contribution in [0, 0.1) is 0 Å². The van der Waals surface area contributed by atoms with Crippen molar-refractivity contribution in [3.05, 3.63) is 47.2 Å². The van der Waals surface area contributed by atoms with Crippen LogP contribution in [0.4, 0.5) is 11.8 Å². The molecular formula is C24H34N5O+. The predicted molar refractivity (Wildman–Crippen MR) is 119 cm³/mol. The van der Waals surface area contributed by atoms with E-state index < -0.39 is 0 Å². The van der Waals surface area contributed by atoms with Crippen LogP contribution in [-0.2, 0) is 24.1 Å². The molecule has 1 unspecified atom stereocenters. The minimum absolute atomic E-state index is 0.801. The number of ether oxygens (including phenoxy) is 1. The lowest BCUT2D eigenvalue weighted by atomic mass is 9.96. The summed E-state index contributed by atoms with van der Waals surface area (Å²) >= 11 is 0. The number of quaternary nitrogens is 1. The second-order valence-electron chi connectivity index (χ2n) is 8.83. The maximum absolute atomic E-state index is 5.59. The largest absolute Gasteiger partial charge is 0.378 e. The van der Waals surface area contributed by atoms with E-state index in [1.54, 1.807) is 4.90 Å². The number of aryl methyl sites for hydroxylation is 1. The van der Waals surface area contributed by atoms with Crippen molar-refractivity contribution in [1.29, 1.82) is 0 Å². The first-order valence-corrected chi connectivity index (χ1v) is 11.7. The standard InChI is InChI=1S/C24H33N5O/c1-2-7-20(8-3-1)19-27-11-6-12-29(14-13-27)24-25-22-10-5-4-9-21(22)23(26-24)28-15-17-30-18-16-28/h1-3,7-8H,4-6,9-19H2/p+1. The lowest BCUT2D eigenvalue weighted by Gasteiger charge is -2.32. The van der Waals surface area contributed by atoms with E-state index in [2.05, 4.69) is 40.1 Å². The number of anilines is 2. The van der Waals surface area contributed by atoms with Crippen molar-refractivity contribution < 1.29 is 9.64 Å². The number of aromatic nitrogens is 2. The van der Waals surface area contributed by atoms with Gasteiger partial charge in [0.1, 0.15) is 12.4 Å². The molecule has 2 fully saturated rings. The van der Waals surface area contributed by atoms with Gasteiger partial charge in [-0.2, -0.15) is 4.98 Å². The van der Waals surface area contributed by atoms with Gasteiger partial charge >= 0.3 is 0 Å². The van der Waals surface area contributed by atoms with Crippen molar-refractivity contribution >= 4 is 11.8 Å². The Morgan fingerprint density at radius 2 is 1.67 bits per heavy atom. The first kappa shape index (κ1) is 19.8. The van der Waals surface area contributed by atoms with Crippen LogP contribution >= 0.6 is 0 Å². The van der Waals surface area contributed by atoms with Crippen LogP contribution in [0.15, 0.2) is 30.3 Å². The van der Waals surface area contributed by atoms with Gasteiger partial charge in [-0.3, -0.25) is 0 Å². The maximum Gasteiger partial charge on any atom is 0.227 e. The van der Waals surface area contributed by atoms with E-state index in [0.717, 1.165) is 71.3 Å². The van der Waals surface area contributed by atoms with Crippen LogP contribution in [-0.4, -0.2) is 62.5 Å². The highest BCUT2D eigenvalue weighted by atomic mass is 16.5. The number of nitrogens with one attached hydrogen (secondary N) is 1. The average molecular weight is 409 g/mol. The maximum atomic E-state index is 5.59. The summed E-state index contributed by atoms with van der Waals surface area (Å²) < 4.78 is 5.59. The molecule has 1 aliphatic carbocycles. The van der Waals surface area contributed by atoms with Crippen LogP contribution in [0.5, 0.6) is 0 Å². The zero-order valence-corrected chi connectivity index (χ0v) is 18.0. The molecule has 0 saturated carbocycles. The highest BCUT2D eigenvalue weighted by Crippen LogP contribution is 2.30. The molecule has 6 nitrogen and oxygen atoms in total. The molecule has 6 heteroatoms. The molecule has 2 saturated heterocycles. The van der Waals surface area contributed by atoms with Crippen molar-refractivity contribution in [3.8, 4) is 0 Å². The Morgan fingerprint density at radius 1 is 0.833 bits per heavy atom. The highest BCUT2D eigenvalue weighted by Gasteiger charge is 2.26. The monoisotopic (exact) mass is 408 g/mol. The fourth-order valence-corrected chi connectivity index (χ4v) is 5.05. The second kappa shape index (κ2) is 9.31. The van der Waals surface area contributed by atoms with E-state index in [0.29, 0.717) is 0 Å². The van der Waals surface area contributed by atoms with Gasteiger partial charge in [-0.1, -0.05) is 30.3 Å². The first-order valence-electron chi connectivity index (χ1n) is 11.7. The number of hydrogen-bond donors (Lipinski definition) is 1. The van der Waals surface area contributed by atoms with E-state index in [1.807, 2.05) is 0 Å². The number of morpholine rings is 1. The van der Waals surface area contributed by atoms with Gasteiger partial charge in [0.15, 0.2) is 0 Å². The Morgan fingerprint density at radius 3 is 2.53 bits per heavy atom. The molecule has 160 valence electrons. The Bertz CT molecular complexity index is 837. The number of rotatable bonds is 4. The fourth-order valence-electron chi connectivity index (χ4n) is 5.05. The number of nitrogens with zero attached hydrogens (tertiary/aromatic N) is 4. The Labute approximate surface area is 179 Å². The highest BCUT2D eigenvalue weighted by molar-refractivity contribution is 5.54. The lowest BCUT2D eigenvalue weighted by Crippen LogP contribution is -3.11. The van der Waals surface area contributed by atoms with Crippen LogP contribution in [0.3, 0.4) is 0 Å². The average Bonchev–Trinajstić information content (AvgIpc) is 3.05. The summed E-state index contributed by atoms with van der Waals surface area (Å²) in [6.07, 6.45) is 5.92. The molecular weight excluding hydrogens is 374 g/mol. The summed E-state index contributed by atoms with van der Waals surface area (Å²) in [6, 6.07) is 10.9. The minimum Gasteiger partial charge on any atom is -0.378 e. The molecule has 5 rings (SSSR count). The summed E-state index contributed by atoms with van der Waals surface area (Å²) in [5.41, 5.74) is 4.13. The number of fused-ring (bicyclic) bond motifs is 1. The molecule has 0 spiro atoms. The van der Waals surface area contributed by atoms with Gasteiger partial charge in [0.2, 0.25) is 5.95 Å². The van der Waals surface area contributed by atoms with E-state index in [4.69, 9.17) is 14.7 Å². The molecule has 2 aromatic rings. The number of benzene rings is 1. The molecule has 1 atom stereocenters. The van der Waals surface area contributed by atoms with Gasteiger partial charge < -0.3 is 19.4 Å². The smallest absolute Gasteiger partial charge is 0.227 e. The first-order chi connectivity index (χ1) is 14.9. The molecule has 3 aliphatic rings. The fraction of sp³-hybridized carbons (Fsp3) is 0.583. The SMILES string of the molecule is c1ccc(C[NH+]2CCCN(c3nc4c(c(N5CCOCC5)n3)CCCC4)CC2)cc1. The molecule has 0 radical (unpaired) electrons. The summed E-state index contributed by atoms with van der Waals surface area (Å²) in [6.45, 7) is 9.04. The van der Waals surface area contributed by atoms with Crippen molar-refractivity contribution in [2.45, 2.75) is 38.6 Å². The third kappa shape index (κ3) is 4.44. The van der Waals surface area contributed by atoms with Gasteiger partial charge in [-0.15, -0.1) is 0 Å². The summed E-state index contributed by atoms with van der Waals surface area (Å²) in [5.74, 6) is 2.15. The van der Waals surface area contributed by atoms with E-state index >= 15 is 0 Å². The van der Waals surface area contributed by atoms with E-state index in [1.165, 1.54) is 48.4 Å². The van der Waals surface area contributed by atoms with Gasteiger partial charge in [0.05, 0.1) is 38.5 Å². The van der Waals surface area contributed by atoms with Crippen LogP contribution in [0.2, 0.25) is 0 Å². The Balaban J connectivity index is 1.34. The van der Waals surface area contributed by atoms with Crippen molar-refractivity contribution in [3.63, 3.8) is 0 Å².